The quantitative estimate of drug-likeness (QED) is 0.476. The molecule has 0 unspecified atom stereocenters. The number of carbonyl (C=O) groups is 1. The summed E-state index contributed by atoms with van der Waals surface area (Å²) < 4.78 is 2.11. The number of allylic oxidation sites excluding steroid dienone is 1. The van der Waals surface area contributed by atoms with Crippen LogP contribution in [0, 0.1) is 0 Å². The summed E-state index contributed by atoms with van der Waals surface area (Å²) in [5, 5.41) is 13.6. The highest BCUT2D eigenvalue weighted by Crippen LogP contribution is 2.24. The Balaban J connectivity index is 1.51. The first-order chi connectivity index (χ1) is 13.7. The number of hydrogen-bond donors (Lipinski definition) is 1. The smallest absolute Gasteiger partial charge is 0.195 e. The van der Waals surface area contributed by atoms with E-state index in [2.05, 4.69) is 21.6 Å². The minimum Gasteiger partial charge on any atom is -0.390 e. The maximum atomic E-state index is 12.3. The number of para-hydroxylation sites is 1. The number of likely N-dealkylation sites (tertiary alicyclic amines) is 1. The van der Waals surface area contributed by atoms with Gasteiger partial charge in [-0.05, 0) is 55.6 Å². The van der Waals surface area contributed by atoms with E-state index in [0.717, 1.165) is 34.4 Å². The summed E-state index contributed by atoms with van der Waals surface area (Å²) >= 11 is 1.46. The molecule has 146 valence electrons. The molecule has 2 aromatic heterocycles. The van der Waals surface area contributed by atoms with Gasteiger partial charge in [-0.2, -0.15) is 0 Å². The molecular weight excluding hydrogens is 368 g/mol. The van der Waals surface area contributed by atoms with Crippen LogP contribution in [0.2, 0.25) is 0 Å². The highest BCUT2D eigenvalue weighted by atomic mass is 32.1. The highest BCUT2D eigenvalue weighted by molar-refractivity contribution is 7.12. The third kappa shape index (κ3) is 4.43. The number of fused-ring (bicyclic) bond motifs is 1. The molecule has 1 aliphatic rings. The number of carbonyl (C=O) groups excluding carboxylic acids is 1. The summed E-state index contributed by atoms with van der Waals surface area (Å²) in [6, 6.07) is 11.9. The summed E-state index contributed by atoms with van der Waals surface area (Å²) in [5.41, 5.74) is 2.09. The van der Waals surface area contributed by atoms with Crippen LogP contribution in [-0.4, -0.2) is 46.1 Å². The molecule has 1 aromatic carbocycles. The Labute approximate surface area is 169 Å². The standard InChI is InChI=1S/C23H26N2O2S/c26-19(16-24-12-4-1-5-13-24)17-25-15-18(20-7-2-3-8-21(20)25)10-11-22(27)23-9-6-14-28-23/h2-3,6-11,14-15,19,26H,1,4-5,12-13,16-17H2/b11-10-/t19-/m0/s1. The molecule has 1 atom stereocenters. The molecular formula is C23H26N2O2S. The summed E-state index contributed by atoms with van der Waals surface area (Å²) in [5.74, 6) is 0.0250. The van der Waals surface area contributed by atoms with Crippen molar-refractivity contribution in [2.45, 2.75) is 31.9 Å². The second-order valence-corrected chi connectivity index (χ2v) is 8.39. The molecule has 1 saturated heterocycles. The molecule has 0 saturated carbocycles. The Morgan fingerprint density at radius 1 is 1.11 bits per heavy atom. The van der Waals surface area contributed by atoms with Crippen LogP contribution in [0.3, 0.4) is 0 Å². The molecule has 0 spiro atoms. The van der Waals surface area contributed by atoms with Gasteiger partial charge in [0.1, 0.15) is 0 Å². The van der Waals surface area contributed by atoms with Gasteiger partial charge < -0.3 is 14.6 Å². The molecule has 3 aromatic rings. The summed E-state index contributed by atoms with van der Waals surface area (Å²) in [6.45, 7) is 3.45. The van der Waals surface area contributed by atoms with Crippen LogP contribution in [0.5, 0.6) is 0 Å². The fraction of sp³-hybridized carbons (Fsp3) is 0.348. The predicted molar refractivity (Wildman–Crippen MR) is 116 cm³/mol. The average molecular weight is 395 g/mol. The molecule has 28 heavy (non-hydrogen) atoms. The Morgan fingerprint density at radius 2 is 1.93 bits per heavy atom. The minimum atomic E-state index is -0.404. The van der Waals surface area contributed by atoms with Gasteiger partial charge in [-0.3, -0.25) is 4.79 Å². The Bertz CT molecular complexity index is 952. The molecule has 1 N–H and O–H groups in total. The number of piperidine rings is 1. The van der Waals surface area contributed by atoms with Crippen LogP contribution in [-0.2, 0) is 6.54 Å². The number of ketones is 1. The molecule has 0 amide bonds. The lowest BCUT2D eigenvalue weighted by molar-refractivity contribution is 0.0892. The monoisotopic (exact) mass is 394 g/mol. The van der Waals surface area contributed by atoms with Crippen LogP contribution < -0.4 is 0 Å². The largest absolute Gasteiger partial charge is 0.390 e. The molecule has 5 heteroatoms. The van der Waals surface area contributed by atoms with E-state index in [1.165, 1.54) is 30.6 Å². The van der Waals surface area contributed by atoms with Crippen molar-refractivity contribution in [2.24, 2.45) is 0 Å². The van der Waals surface area contributed by atoms with Crippen molar-refractivity contribution < 1.29 is 9.90 Å². The first-order valence-electron chi connectivity index (χ1n) is 9.95. The number of aromatic nitrogens is 1. The van der Waals surface area contributed by atoms with Crippen molar-refractivity contribution in [3.05, 3.63) is 64.5 Å². The van der Waals surface area contributed by atoms with Crippen molar-refractivity contribution in [1.82, 2.24) is 9.47 Å². The van der Waals surface area contributed by atoms with Gasteiger partial charge in [-0.15, -0.1) is 11.3 Å². The number of aliphatic hydroxyl groups excluding tert-OH is 1. The van der Waals surface area contributed by atoms with Gasteiger partial charge in [-0.25, -0.2) is 0 Å². The van der Waals surface area contributed by atoms with Crippen molar-refractivity contribution >= 4 is 34.1 Å². The zero-order valence-corrected chi connectivity index (χ0v) is 16.8. The zero-order chi connectivity index (χ0) is 19.3. The van der Waals surface area contributed by atoms with Gasteiger partial charge in [0, 0.05) is 35.8 Å². The summed E-state index contributed by atoms with van der Waals surface area (Å²) in [6.07, 6.45) is 8.92. The number of hydrogen-bond acceptors (Lipinski definition) is 4. The number of benzene rings is 1. The topological polar surface area (TPSA) is 45.5 Å². The minimum absolute atomic E-state index is 0.0250. The van der Waals surface area contributed by atoms with E-state index in [1.807, 2.05) is 41.9 Å². The van der Waals surface area contributed by atoms with Crippen molar-refractivity contribution in [2.75, 3.05) is 19.6 Å². The zero-order valence-electron chi connectivity index (χ0n) is 16.0. The van der Waals surface area contributed by atoms with Crippen LogP contribution in [0.1, 0.15) is 34.5 Å². The van der Waals surface area contributed by atoms with Gasteiger partial charge >= 0.3 is 0 Å². The molecule has 0 bridgehead atoms. The number of aliphatic hydroxyl groups is 1. The van der Waals surface area contributed by atoms with E-state index >= 15 is 0 Å². The van der Waals surface area contributed by atoms with E-state index in [4.69, 9.17) is 0 Å². The van der Waals surface area contributed by atoms with Gasteiger partial charge in [-0.1, -0.05) is 30.7 Å². The van der Waals surface area contributed by atoms with Gasteiger partial charge in [0.25, 0.3) is 0 Å². The summed E-state index contributed by atoms with van der Waals surface area (Å²) in [7, 11) is 0. The normalized spacial score (nSPS) is 16.8. The van der Waals surface area contributed by atoms with Gasteiger partial charge in [0.2, 0.25) is 0 Å². The lowest BCUT2D eigenvalue weighted by atomic mass is 10.1. The van der Waals surface area contributed by atoms with Crippen LogP contribution >= 0.6 is 11.3 Å². The third-order valence-electron chi connectivity index (χ3n) is 5.32. The second-order valence-electron chi connectivity index (χ2n) is 7.44. The molecule has 4 nitrogen and oxygen atoms in total. The van der Waals surface area contributed by atoms with Crippen LogP contribution in [0.4, 0.5) is 0 Å². The molecule has 4 rings (SSSR count). The molecule has 3 heterocycles. The van der Waals surface area contributed by atoms with Gasteiger partial charge in [0.05, 0.1) is 11.0 Å². The maximum absolute atomic E-state index is 12.3. The lowest BCUT2D eigenvalue weighted by Gasteiger charge is -2.28. The van der Waals surface area contributed by atoms with Crippen molar-refractivity contribution in [3.8, 4) is 0 Å². The lowest BCUT2D eigenvalue weighted by Crippen LogP contribution is -2.37. The number of nitrogens with zero attached hydrogens (tertiary/aromatic N) is 2. The van der Waals surface area contributed by atoms with Crippen molar-refractivity contribution in [1.29, 1.82) is 0 Å². The number of thiophene rings is 1. The first-order valence-corrected chi connectivity index (χ1v) is 10.8. The molecule has 0 aliphatic carbocycles. The highest BCUT2D eigenvalue weighted by Gasteiger charge is 2.16. The Kier molecular flexibility index (Phi) is 6.05. The van der Waals surface area contributed by atoms with E-state index in [0.29, 0.717) is 13.1 Å². The fourth-order valence-corrected chi connectivity index (χ4v) is 4.60. The van der Waals surface area contributed by atoms with Crippen LogP contribution in [0.25, 0.3) is 17.0 Å². The number of β-amino-alcohol motifs (C(OH)–C–C–N with tert-alkyl or cyclic N) is 1. The SMILES string of the molecule is O=C(/C=C\c1cn(C[C@@H](O)CN2CCCCC2)c2ccccc12)c1cccs1. The van der Waals surface area contributed by atoms with E-state index in [-0.39, 0.29) is 5.78 Å². The first kappa shape index (κ1) is 19.1. The Hall–Kier alpha value is -2.21. The second kappa shape index (κ2) is 8.86. The summed E-state index contributed by atoms with van der Waals surface area (Å²) in [4.78, 5) is 15.4. The molecule has 0 radical (unpaired) electrons. The van der Waals surface area contributed by atoms with E-state index in [9.17, 15) is 9.90 Å². The van der Waals surface area contributed by atoms with E-state index in [1.54, 1.807) is 6.08 Å². The van der Waals surface area contributed by atoms with Crippen LogP contribution in [0.15, 0.2) is 54.1 Å². The van der Waals surface area contributed by atoms with Crippen molar-refractivity contribution in [3.63, 3.8) is 0 Å². The Morgan fingerprint density at radius 3 is 2.71 bits per heavy atom. The predicted octanol–water partition coefficient (Wildman–Crippen LogP) is 4.45. The number of rotatable bonds is 7. The molecule has 1 aliphatic heterocycles. The third-order valence-corrected chi connectivity index (χ3v) is 6.21. The fourth-order valence-electron chi connectivity index (χ4n) is 3.95. The average Bonchev–Trinajstić information content (AvgIpc) is 3.36. The molecule has 1 fully saturated rings. The van der Waals surface area contributed by atoms with Gasteiger partial charge in [0.15, 0.2) is 5.78 Å². The maximum Gasteiger partial charge on any atom is 0.195 e. The van der Waals surface area contributed by atoms with E-state index < -0.39 is 6.10 Å².